The fourth-order valence-electron chi connectivity index (χ4n) is 4.99. The van der Waals surface area contributed by atoms with Crippen LogP contribution in [0.1, 0.15) is 68.2 Å². The summed E-state index contributed by atoms with van der Waals surface area (Å²) in [6.45, 7) is 2.36. The molecule has 0 bridgehead atoms. The van der Waals surface area contributed by atoms with Gasteiger partial charge < -0.3 is 10.2 Å². The maximum Gasteiger partial charge on any atom is 0.226 e. The van der Waals surface area contributed by atoms with Crippen molar-refractivity contribution in [3.8, 4) is 0 Å². The SMILES string of the molecule is CC(=O)N1C=Cc2ccccc2C1CC(=O)Nc1ccccc1CN(C)C1CCCCC1. The number of amides is 2. The van der Waals surface area contributed by atoms with Gasteiger partial charge in [-0.25, -0.2) is 0 Å². The van der Waals surface area contributed by atoms with Gasteiger partial charge in [0.25, 0.3) is 0 Å². The predicted octanol–water partition coefficient (Wildman–Crippen LogP) is 5.35. The van der Waals surface area contributed by atoms with Crippen LogP contribution in [0, 0.1) is 0 Å². The van der Waals surface area contributed by atoms with Crippen molar-refractivity contribution in [2.75, 3.05) is 12.4 Å². The zero-order valence-electron chi connectivity index (χ0n) is 19.1. The summed E-state index contributed by atoms with van der Waals surface area (Å²) in [5, 5.41) is 3.13. The van der Waals surface area contributed by atoms with Crippen LogP contribution in [0.25, 0.3) is 6.08 Å². The van der Waals surface area contributed by atoms with Crippen LogP contribution in [0.2, 0.25) is 0 Å². The number of benzene rings is 2. The molecule has 2 aromatic carbocycles. The number of fused-ring (bicyclic) bond motifs is 1. The molecule has 0 saturated heterocycles. The van der Waals surface area contributed by atoms with E-state index in [1.54, 1.807) is 18.0 Å². The summed E-state index contributed by atoms with van der Waals surface area (Å²) in [4.78, 5) is 29.4. The molecule has 1 atom stereocenters. The van der Waals surface area contributed by atoms with Crippen LogP contribution >= 0.6 is 0 Å². The average molecular weight is 432 g/mol. The molecule has 0 spiro atoms. The standard InChI is InChI=1S/C27H33N3O2/c1-20(31)30-17-16-21-10-6-8-14-24(21)26(30)18-27(32)28-25-15-9-7-11-22(25)19-29(2)23-12-4-3-5-13-23/h6-11,14-17,23,26H,3-5,12-13,18-19H2,1-2H3,(H,28,32). The van der Waals surface area contributed by atoms with Gasteiger partial charge in [0, 0.05) is 31.4 Å². The predicted molar refractivity (Wildman–Crippen MR) is 129 cm³/mol. The lowest BCUT2D eigenvalue weighted by Crippen LogP contribution is -2.34. The summed E-state index contributed by atoms with van der Waals surface area (Å²) < 4.78 is 0. The molecule has 168 valence electrons. The van der Waals surface area contributed by atoms with E-state index in [-0.39, 0.29) is 24.3 Å². The molecule has 2 aliphatic rings. The van der Waals surface area contributed by atoms with E-state index < -0.39 is 0 Å². The summed E-state index contributed by atoms with van der Waals surface area (Å²) in [5.74, 6) is -0.151. The minimum atomic E-state index is -0.300. The molecule has 5 nitrogen and oxygen atoms in total. The Bertz CT molecular complexity index is 994. The van der Waals surface area contributed by atoms with E-state index in [1.165, 1.54) is 32.1 Å². The molecule has 1 fully saturated rings. The Morgan fingerprint density at radius 1 is 1.03 bits per heavy atom. The van der Waals surface area contributed by atoms with E-state index in [1.807, 2.05) is 48.5 Å². The van der Waals surface area contributed by atoms with Crippen LogP contribution in [-0.4, -0.2) is 34.7 Å². The quantitative estimate of drug-likeness (QED) is 0.670. The van der Waals surface area contributed by atoms with E-state index in [4.69, 9.17) is 0 Å². The maximum absolute atomic E-state index is 13.1. The smallest absolute Gasteiger partial charge is 0.226 e. The number of hydrogen-bond donors (Lipinski definition) is 1. The molecule has 1 N–H and O–H groups in total. The molecular formula is C27H33N3O2. The molecule has 1 unspecified atom stereocenters. The lowest BCUT2D eigenvalue weighted by atomic mass is 9.93. The first kappa shape index (κ1) is 22.3. The lowest BCUT2D eigenvalue weighted by Gasteiger charge is -2.33. The first-order valence-corrected chi connectivity index (χ1v) is 11.7. The van der Waals surface area contributed by atoms with Crippen LogP contribution in [0.4, 0.5) is 5.69 Å². The summed E-state index contributed by atoms with van der Waals surface area (Å²) >= 11 is 0. The molecule has 1 heterocycles. The Balaban J connectivity index is 1.47. The van der Waals surface area contributed by atoms with Gasteiger partial charge in [-0.1, -0.05) is 61.7 Å². The van der Waals surface area contributed by atoms with Crippen molar-refractivity contribution in [1.29, 1.82) is 0 Å². The molecule has 4 rings (SSSR count). The zero-order valence-corrected chi connectivity index (χ0v) is 19.1. The van der Waals surface area contributed by atoms with Crippen LogP contribution in [-0.2, 0) is 16.1 Å². The molecule has 5 heteroatoms. The minimum absolute atomic E-state index is 0.0666. The van der Waals surface area contributed by atoms with E-state index >= 15 is 0 Å². The third kappa shape index (κ3) is 5.10. The first-order chi connectivity index (χ1) is 15.5. The van der Waals surface area contributed by atoms with Crippen LogP contribution in [0.3, 0.4) is 0 Å². The number of nitrogens with one attached hydrogen (secondary N) is 1. The third-order valence-corrected chi connectivity index (χ3v) is 6.76. The highest BCUT2D eigenvalue weighted by atomic mass is 16.2. The molecule has 2 amide bonds. The van der Waals surface area contributed by atoms with Crippen molar-refractivity contribution in [2.24, 2.45) is 0 Å². The Morgan fingerprint density at radius 2 is 1.75 bits per heavy atom. The number of carbonyl (C=O) groups excluding carboxylic acids is 2. The van der Waals surface area contributed by atoms with Crippen LogP contribution in [0.5, 0.6) is 0 Å². The molecular weight excluding hydrogens is 398 g/mol. The average Bonchev–Trinajstić information content (AvgIpc) is 2.81. The highest BCUT2D eigenvalue weighted by Crippen LogP contribution is 2.33. The second kappa shape index (κ2) is 10.1. The van der Waals surface area contributed by atoms with Gasteiger partial charge in [0.2, 0.25) is 11.8 Å². The van der Waals surface area contributed by atoms with E-state index in [0.29, 0.717) is 6.04 Å². The minimum Gasteiger partial charge on any atom is -0.326 e. The Labute approximate surface area is 191 Å². The maximum atomic E-state index is 13.1. The van der Waals surface area contributed by atoms with Gasteiger partial charge in [-0.3, -0.25) is 14.5 Å². The largest absolute Gasteiger partial charge is 0.326 e. The number of para-hydroxylation sites is 1. The normalized spacial score (nSPS) is 18.5. The number of nitrogens with zero attached hydrogens (tertiary/aromatic N) is 2. The summed E-state index contributed by atoms with van der Waals surface area (Å²) in [7, 11) is 2.19. The molecule has 1 aliphatic heterocycles. The van der Waals surface area contributed by atoms with Gasteiger partial charge in [-0.2, -0.15) is 0 Å². The fourth-order valence-corrected chi connectivity index (χ4v) is 4.99. The van der Waals surface area contributed by atoms with Crippen molar-refractivity contribution >= 4 is 23.6 Å². The second-order valence-corrected chi connectivity index (χ2v) is 9.00. The molecule has 1 aliphatic carbocycles. The number of hydrogen-bond acceptors (Lipinski definition) is 3. The molecule has 1 saturated carbocycles. The molecule has 2 aromatic rings. The van der Waals surface area contributed by atoms with E-state index in [2.05, 4.69) is 23.3 Å². The van der Waals surface area contributed by atoms with E-state index in [0.717, 1.165) is 28.9 Å². The third-order valence-electron chi connectivity index (χ3n) is 6.76. The number of anilines is 1. The van der Waals surface area contributed by atoms with Crippen molar-refractivity contribution in [1.82, 2.24) is 9.80 Å². The molecule has 0 aromatic heterocycles. The van der Waals surface area contributed by atoms with Crippen molar-refractivity contribution < 1.29 is 9.59 Å². The Hall–Kier alpha value is -2.92. The Morgan fingerprint density at radius 3 is 2.53 bits per heavy atom. The van der Waals surface area contributed by atoms with Crippen molar-refractivity contribution in [3.63, 3.8) is 0 Å². The fraction of sp³-hybridized carbons (Fsp3) is 0.407. The van der Waals surface area contributed by atoms with Crippen LogP contribution in [0.15, 0.2) is 54.7 Å². The lowest BCUT2D eigenvalue weighted by molar-refractivity contribution is -0.129. The van der Waals surface area contributed by atoms with Crippen molar-refractivity contribution in [2.45, 2.75) is 64.1 Å². The number of rotatable bonds is 6. The number of carbonyl (C=O) groups is 2. The van der Waals surface area contributed by atoms with Gasteiger partial charge in [0.15, 0.2) is 0 Å². The van der Waals surface area contributed by atoms with Gasteiger partial charge in [0.05, 0.1) is 12.5 Å². The van der Waals surface area contributed by atoms with E-state index in [9.17, 15) is 9.59 Å². The first-order valence-electron chi connectivity index (χ1n) is 11.7. The molecule has 0 radical (unpaired) electrons. The van der Waals surface area contributed by atoms with Crippen LogP contribution < -0.4 is 5.32 Å². The van der Waals surface area contributed by atoms with Gasteiger partial charge in [0.1, 0.15) is 0 Å². The van der Waals surface area contributed by atoms with Gasteiger partial charge in [-0.05, 0) is 48.7 Å². The highest BCUT2D eigenvalue weighted by Gasteiger charge is 2.28. The second-order valence-electron chi connectivity index (χ2n) is 9.00. The molecule has 32 heavy (non-hydrogen) atoms. The topological polar surface area (TPSA) is 52.7 Å². The zero-order chi connectivity index (χ0) is 22.5. The monoisotopic (exact) mass is 431 g/mol. The Kier molecular flexibility index (Phi) is 7.05. The van der Waals surface area contributed by atoms with Crippen molar-refractivity contribution in [3.05, 3.63) is 71.4 Å². The van der Waals surface area contributed by atoms with Gasteiger partial charge >= 0.3 is 0 Å². The highest BCUT2D eigenvalue weighted by molar-refractivity contribution is 5.92. The van der Waals surface area contributed by atoms with Gasteiger partial charge in [-0.15, -0.1) is 0 Å². The summed E-state index contributed by atoms with van der Waals surface area (Å²) in [6.07, 6.45) is 10.4. The summed E-state index contributed by atoms with van der Waals surface area (Å²) in [6, 6.07) is 16.3. The summed E-state index contributed by atoms with van der Waals surface area (Å²) in [5.41, 5.74) is 4.04.